The van der Waals surface area contributed by atoms with Crippen LogP contribution < -0.4 is 4.74 Å². The summed E-state index contributed by atoms with van der Waals surface area (Å²) in [7, 11) is 0. The molecule has 10 heteroatoms. The second-order valence-corrected chi connectivity index (χ2v) is 10.6. The minimum atomic E-state index is -5.00. The van der Waals surface area contributed by atoms with Crippen LogP contribution in [0.3, 0.4) is 0 Å². The summed E-state index contributed by atoms with van der Waals surface area (Å²) in [5.41, 5.74) is -2.95. The molecular formula is C33H27F9O. The fourth-order valence-corrected chi connectivity index (χ4v) is 5.21. The van der Waals surface area contributed by atoms with Gasteiger partial charge < -0.3 is 4.74 Å². The van der Waals surface area contributed by atoms with Gasteiger partial charge in [-0.15, -0.1) is 0 Å². The maximum absolute atomic E-state index is 14.9. The number of halogens is 9. The van der Waals surface area contributed by atoms with E-state index < -0.39 is 57.8 Å². The number of rotatable bonds is 7. The molecule has 4 rings (SSSR count). The second-order valence-electron chi connectivity index (χ2n) is 10.6. The third kappa shape index (κ3) is 8.19. The van der Waals surface area contributed by atoms with Gasteiger partial charge in [-0.2, -0.15) is 22.0 Å². The van der Waals surface area contributed by atoms with Crippen LogP contribution in [0.1, 0.15) is 75.0 Å². The summed E-state index contributed by atoms with van der Waals surface area (Å²) in [6.45, 7) is 2.15. The summed E-state index contributed by atoms with van der Waals surface area (Å²) in [6.07, 6.45) is -1.04. The van der Waals surface area contributed by atoms with Crippen LogP contribution in [0.2, 0.25) is 0 Å². The molecule has 0 heterocycles. The molecule has 3 aromatic carbocycles. The van der Waals surface area contributed by atoms with Crippen molar-refractivity contribution in [2.45, 2.75) is 70.6 Å². The van der Waals surface area contributed by atoms with Crippen LogP contribution in [-0.2, 0) is 6.11 Å². The number of unbranched alkanes of at least 4 members (excludes halogenated alkanes) is 2. The Morgan fingerprint density at radius 2 is 1.49 bits per heavy atom. The molecule has 0 bridgehead atoms. The largest absolute Gasteiger partial charge is 0.458 e. The van der Waals surface area contributed by atoms with Gasteiger partial charge in [0.1, 0.15) is 34.6 Å². The van der Waals surface area contributed by atoms with Crippen LogP contribution in [0.5, 0.6) is 5.75 Å². The maximum Gasteiger partial charge on any atom is 0.458 e. The first-order chi connectivity index (χ1) is 20.3. The summed E-state index contributed by atoms with van der Waals surface area (Å²) in [4.78, 5) is 0. The van der Waals surface area contributed by atoms with Crippen LogP contribution in [0.15, 0.2) is 36.4 Å². The molecule has 0 aromatic heterocycles. The van der Waals surface area contributed by atoms with Crippen molar-refractivity contribution in [2.24, 2.45) is 11.8 Å². The van der Waals surface area contributed by atoms with Crippen LogP contribution in [0.25, 0.3) is 10.8 Å². The molecule has 1 saturated carbocycles. The highest BCUT2D eigenvalue weighted by atomic mass is 19.4. The highest BCUT2D eigenvalue weighted by Crippen LogP contribution is 2.37. The molecule has 1 fully saturated rings. The molecule has 0 N–H and O–H groups in total. The Kier molecular flexibility index (Phi) is 9.89. The van der Waals surface area contributed by atoms with Crippen molar-refractivity contribution >= 4 is 10.8 Å². The van der Waals surface area contributed by atoms with E-state index in [2.05, 4.69) is 23.5 Å². The van der Waals surface area contributed by atoms with Gasteiger partial charge in [0.15, 0.2) is 0 Å². The topological polar surface area (TPSA) is 9.23 Å². The summed E-state index contributed by atoms with van der Waals surface area (Å²) in [5, 5.41) is -0.795. The first-order valence-corrected chi connectivity index (χ1v) is 13.9. The fourth-order valence-electron chi connectivity index (χ4n) is 5.21. The smallest absolute Gasteiger partial charge is 0.429 e. The van der Waals surface area contributed by atoms with E-state index in [9.17, 15) is 39.5 Å². The number of benzene rings is 3. The van der Waals surface area contributed by atoms with E-state index in [0.717, 1.165) is 56.2 Å². The molecule has 0 saturated heterocycles. The highest BCUT2D eigenvalue weighted by Gasteiger charge is 2.41. The van der Waals surface area contributed by atoms with E-state index >= 15 is 0 Å². The Bertz CT molecular complexity index is 1570. The quantitative estimate of drug-likeness (QED) is 0.147. The third-order valence-corrected chi connectivity index (χ3v) is 7.39. The van der Waals surface area contributed by atoms with Gasteiger partial charge in [0.25, 0.3) is 0 Å². The number of hydrogen-bond donors (Lipinski definition) is 0. The number of ether oxygens (including phenoxy) is 1. The minimum absolute atomic E-state index is 0.0494. The van der Waals surface area contributed by atoms with Gasteiger partial charge in [0.05, 0.1) is 5.56 Å². The van der Waals surface area contributed by atoms with E-state index in [-0.39, 0.29) is 16.9 Å². The van der Waals surface area contributed by atoms with Crippen molar-refractivity contribution in [3.63, 3.8) is 0 Å². The molecule has 1 aliphatic rings. The zero-order valence-corrected chi connectivity index (χ0v) is 23.1. The zero-order valence-electron chi connectivity index (χ0n) is 23.1. The summed E-state index contributed by atoms with van der Waals surface area (Å²) >= 11 is 0. The average Bonchev–Trinajstić information content (AvgIpc) is 2.91. The Labute approximate surface area is 243 Å². The van der Waals surface area contributed by atoms with E-state index in [1.54, 1.807) is 0 Å². The first-order valence-electron chi connectivity index (χ1n) is 13.9. The van der Waals surface area contributed by atoms with E-state index in [0.29, 0.717) is 24.1 Å². The van der Waals surface area contributed by atoms with E-state index in [1.807, 2.05) is 0 Å². The van der Waals surface area contributed by atoms with Crippen LogP contribution in [0, 0.1) is 58.8 Å². The van der Waals surface area contributed by atoms with Crippen LogP contribution in [0.4, 0.5) is 39.5 Å². The number of alkyl halides is 5. The number of hydrogen-bond acceptors (Lipinski definition) is 1. The van der Waals surface area contributed by atoms with Gasteiger partial charge in [0.2, 0.25) is 0 Å². The minimum Gasteiger partial charge on any atom is -0.429 e. The Morgan fingerprint density at radius 1 is 0.814 bits per heavy atom. The number of fused-ring (bicyclic) bond motifs is 1. The van der Waals surface area contributed by atoms with Crippen molar-refractivity contribution in [3.8, 4) is 29.4 Å². The Morgan fingerprint density at radius 3 is 2.12 bits per heavy atom. The standard InChI is InChI=1S/C33H27F9O/c1-2-3-4-5-20-6-8-21(9-7-20)10-11-22-16-28(35)30(29(36)17-22)33(41,42)43-24-12-13-25-23(18-24)19-27(34)26(31(25)37)14-15-32(38,39)40/h12-13,16-21H,2-9H2,1H3. The van der Waals surface area contributed by atoms with Crippen molar-refractivity contribution in [1.29, 1.82) is 0 Å². The molecule has 1 nitrogen and oxygen atoms in total. The highest BCUT2D eigenvalue weighted by molar-refractivity contribution is 5.86. The molecule has 0 atom stereocenters. The summed E-state index contributed by atoms with van der Waals surface area (Å²) in [5.74, 6) is 1.69. The normalized spacial score (nSPS) is 17.2. The zero-order chi connectivity index (χ0) is 31.4. The van der Waals surface area contributed by atoms with Crippen molar-refractivity contribution in [2.75, 3.05) is 0 Å². The second kappa shape index (κ2) is 13.2. The van der Waals surface area contributed by atoms with Crippen molar-refractivity contribution in [3.05, 3.63) is 76.4 Å². The van der Waals surface area contributed by atoms with Gasteiger partial charge in [-0.25, -0.2) is 17.6 Å². The lowest BCUT2D eigenvalue weighted by Crippen LogP contribution is -2.25. The lowest BCUT2D eigenvalue weighted by molar-refractivity contribution is -0.189. The molecule has 0 aliphatic heterocycles. The Hall–Kier alpha value is -3.79. The van der Waals surface area contributed by atoms with Crippen LogP contribution >= 0.6 is 0 Å². The average molecular weight is 611 g/mol. The van der Waals surface area contributed by atoms with Crippen LogP contribution in [-0.4, -0.2) is 6.18 Å². The lowest BCUT2D eigenvalue weighted by atomic mass is 9.80. The van der Waals surface area contributed by atoms with E-state index in [4.69, 9.17) is 0 Å². The van der Waals surface area contributed by atoms with Gasteiger partial charge in [-0.1, -0.05) is 50.4 Å². The predicted molar refractivity (Wildman–Crippen MR) is 144 cm³/mol. The maximum atomic E-state index is 14.9. The first kappa shape index (κ1) is 32.1. The predicted octanol–water partition coefficient (Wildman–Crippen LogP) is 10.2. The summed E-state index contributed by atoms with van der Waals surface area (Å²) in [6, 6.07) is 4.36. The molecule has 3 aromatic rings. The van der Waals surface area contributed by atoms with Gasteiger partial charge >= 0.3 is 12.3 Å². The van der Waals surface area contributed by atoms with E-state index in [1.165, 1.54) is 25.2 Å². The summed E-state index contributed by atoms with van der Waals surface area (Å²) < 4.78 is 130. The van der Waals surface area contributed by atoms with Gasteiger partial charge in [-0.3, -0.25) is 0 Å². The Balaban J connectivity index is 1.50. The molecule has 0 unspecified atom stereocenters. The molecular weight excluding hydrogens is 583 g/mol. The molecule has 1 aliphatic carbocycles. The third-order valence-electron chi connectivity index (χ3n) is 7.39. The SMILES string of the molecule is CCCCCC1CCC(C#Cc2cc(F)c(C(F)(F)Oc3ccc4c(F)c(C#CC(F)(F)F)c(F)cc4c3)c(F)c2)CC1. The van der Waals surface area contributed by atoms with Gasteiger partial charge in [-0.05, 0) is 73.4 Å². The lowest BCUT2D eigenvalue weighted by Gasteiger charge is -2.25. The van der Waals surface area contributed by atoms with Crippen molar-refractivity contribution < 1.29 is 44.3 Å². The molecule has 228 valence electrons. The molecule has 0 amide bonds. The molecule has 43 heavy (non-hydrogen) atoms. The molecule has 0 radical (unpaired) electrons. The van der Waals surface area contributed by atoms with Crippen molar-refractivity contribution in [1.82, 2.24) is 0 Å². The van der Waals surface area contributed by atoms with Gasteiger partial charge in [0, 0.05) is 22.8 Å². The monoisotopic (exact) mass is 610 g/mol. The fraction of sp³-hybridized carbons (Fsp3) is 0.394. The molecule has 0 spiro atoms.